The van der Waals surface area contributed by atoms with Gasteiger partial charge in [0.15, 0.2) is 5.82 Å². The van der Waals surface area contributed by atoms with Crippen molar-refractivity contribution < 1.29 is 4.79 Å². The first kappa shape index (κ1) is 14.8. The van der Waals surface area contributed by atoms with Crippen LogP contribution in [-0.2, 0) is 4.79 Å². The minimum absolute atomic E-state index is 0.0375. The Kier molecular flexibility index (Phi) is 5.00. The molecule has 0 spiro atoms. The molecule has 0 aliphatic carbocycles. The SMILES string of the molecule is CCCNc1ncc(Cl)c(N2CCC(C(N)=O)CC2)n1. The molecule has 20 heavy (non-hydrogen) atoms. The van der Waals surface area contributed by atoms with E-state index in [1.54, 1.807) is 6.20 Å². The van der Waals surface area contributed by atoms with Gasteiger partial charge in [0.25, 0.3) is 0 Å². The van der Waals surface area contributed by atoms with Crippen molar-refractivity contribution in [2.45, 2.75) is 26.2 Å². The summed E-state index contributed by atoms with van der Waals surface area (Å²) in [4.78, 5) is 21.9. The van der Waals surface area contributed by atoms with Crippen LogP contribution in [0, 0.1) is 5.92 Å². The van der Waals surface area contributed by atoms with E-state index in [0.29, 0.717) is 11.0 Å². The van der Waals surface area contributed by atoms with Crippen molar-refractivity contribution in [3.05, 3.63) is 11.2 Å². The summed E-state index contributed by atoms with van der Waals surface area (Å²) in [5.41, 5.74) is 5.34. The first-order chi connectivity index (χ1) is 9.61. The van der Waals surface area contributed by atoms with Gasteiger partial charge in [0.2, 0.25) is 11.9 Å². The summed E-state index contributed by atoms with van der Waals surface area (Å²) in [7, 11) is 0. The Balaban J connectivity index is 2.06. The number of nitrogens with two attached hydrogens (primary N) is 1. The van der Waals surface area contributed by atoms with Gasteiger partial charge in [0.05, 0.1) is 6.20 Å². The average molecular weight is 298 g/mol. The van der Waals surface area contributed by atoms with Crippen LogP contribution in [0.5, 0.6) is 0 Å². The molecule has 0 radical (unpaired) electrons. The molecule has 1 aromatic heterocycles. The van der Waals surface area contributed by atoms with Crippen LogP contribution < -0.4 is 16.0 Å². The van der Waals surface area contributed by atoms with Crippen molar-refractivity contribution >= 4 is 29.3 Å². The number of carbonyl (C=O) groups is 1. The molecule has 1 aliphatic heterocycles. The Morgan fingerprint density at radius 3 is 2.85 bits per heavy atom. The Labute approximate surface area is 123 Å². The summed E-state index contributed by atoms with van der Waals surface area (Å²) in [6.45, 7) is 4.37. The first-order valence-corrected chi connectivity index (χ1v) is 7.30. The third kappa shape index (κ3) is 3.50. The third-order valence-corrected chi connectivity index (χ3v) is 3.72. The Hall–Kier alpha value is -1.56. The van der Waals surface area contributed by atoms with Crippen LogP contribution in [0.2, 0.25) is 5.02 Å². The van der Waals surface area contributed by atoms with Gasteiger partial charge in [-0.25, -0.2) is 4.98 Å². The van der Waals surface area contributed by atoms with E-state index >= 15 is 0 Å². The van der Waals surface area contributed by atoms with Gasteiger partial charge in [-0.15, -0.1) is 0 Å². The Bertz CT molecular complexity index is 474. The molecule has 1 fully saturated rings. The van der Waals surface area contributed by atoms with Crippen LogP contribution in [0.3, 0.4) is 0 Å². The molecule has 1 saturated heterocycles. The molecule has 1 aliphatic rings. The summed E-state index contributed by atoms with van der Waals surface area (Å²) in [5, 5.41) is 3.68. The molecule has 0 aromatic carbocycles. The molecule has 0 atom stereocenters. The van der Waals surface area contributed by atoms with E-state index in [1.807, 2.05) is 0 Å². The van der Waals surface area contributed by atoms with E-state index in [2.05, 4.69) is 27.1 Å². The second-order valence-corrected chi connectivity index (χ2v) is 5.36. The minimum Gasteiger partial charge on any atom is -0.369 e. The lowest BCUT2D eigenvalue weighted by Crippen LogP contribution is -2.39. The molecule has 2 rings (SSSR count). The van der Waals surface area contributed by atoms with Gasteiger partial charge in [0, 0.05) is 25.6 Å². The van der Waals surface area contributed by atoms with Gasteiger partial charge < -0.3 is 16.0 Å². The lowest BCUT2D eigenvalue weighted by atomic mass is 9.96. The standard InChI is InChI=1S/C13H20ClN5O/c1-2-5-16-13-17-8-10(14)12(18-13)19-6-3-9(4-7-19)11(15)20/h8-9H,2-7H2,1H3,(H2,15,20)(H,16,17,18). The molecule has 110 valence electrons. The van der Waals surface area contributed by atoms with E-state index in [9.17, 15) is 4.79 Å². The molecule has 7 heteroatoms. The van der Waals surface area contributed by atoms with Crippen LogP contribution in [0.15, 0.2) is 6.20 Å². The van der Waals surface area contributed by atoms with Crippen LogP contribution >= 0.6 is 11.6 Å². The molecule has 3 N–H and O–H groups in total. The number of piperidine rings is 1. The van der Waals surface area contributed by atoms with Crippen molar-refractivity contribution in [3.8, 4) is 0 Å². The minimum atomic E-state index is -0.219. The lowest BCUT2D eigenvalue weighted by molar-refractivity contribution is -0.122. The number of rotatable bonds is 5. The molecular formula is C13H20ClN5O. The number of hydrogen-bond donors (Lipinski definition) is 2. The second-order valence-electron chi connectivity index (χ2n) is 4.96. The Morgan fingerprint density at radius 1 is 1.55 bits per heavy atom. The first-order valence-electron chi connectivity index (χ1n) is 6.92. The number of nitrogens with zero attached hydrogens (tertiary/aromatic N) is 3. The molecule has 1 aromatic rings. The average Bonchev–Trinajstić information content (AvgIpc) is 2.46. The van der Waals surface area contributed by atoms with E-state index in [0.717, 1.165) is 44.7 Å². The highest BCUT2D eigenvalue weighted by atomic mass is 35.5. The Morgan fingerprint density at radius 2 is 2.25 bits per heavy atom. The van der Waals surface area contributed by atoms with Crippen molar-refractivity contribution in [2.24, 2.45) is 11.7 Å². The summed E-state index contributed by atoms with van der Waals surface area (Å²) in [5.74, 6) is 1.06. The molecule has 0 unspecified atom stereocenters. The number of carbonyl (C=O) groups excluding carboxylic acids is 1. The van der Waals surface area contributed by atoms with Crippen LogP contribution in [0.1, 0.15) is 26.2 Å². The maximum Gasteiger partial charge on any atom is 0.224 e. The molecule has 0 saturated carbocycles. The molecular weight excluding hydrogens is 278 g/mol. The predicted molar refractivity (Wildman–Crippen MR) is 80.0 cm³/mol. The summed E-state index contributed by atoms with van der Waals surface area (Å²) < 4.78 is 0. The summed E-state index contributed by atoms with van der Waals surface area (Å²) >= 11 is 6.18. The van der Waals surface area contributed by atoms with Gasteiger partial charge in [-0.05, 0) is 19.3 Å². The van der Waals surface area contributed by atoms with Crippen molar-refractivity contribution in [3.63, 3.8) is 0 Å². The number of anilines is 2. The van der Waals surface area contributed by atoms with Crippen LogP contribution in [0.25, 0.3) is 0 Å². The van der Waals surface area contributed by atoms with Gasteiger partial charge in [0.1, 0.15) is 5.02 Å². The van der Waals surface area contributed by atoms with Crippen LogP contribution in [-0.4, -0.2) is 35.5 Å². The second kappa shape index (κ2) is 6.74. The fourth-order valence-electron chi connectivity index (χ4n) is 2.28. The maximum absolute atomic E-state index is 11.2. The highest BCUT2D eigenvalue weighted by molar-refractivity contribution is 6.32. The molecule has 2 heterocycles. The number of halogens is 1. The van der Waals surface area contributed by atoms with Crippen molar-refractivity contribution in [2.75, 3.05) is 29.9 Å². The smallest absolute Gasteiger partial charge is 0.224 e. The summed E-state index contributed by atoms with van der Waals surface area (Å²) in [6, 6.07) is 0. The fraction of sp³-hybridized carbons (Fsp3) is 0.615. The fourth-order valence-corrected chi connectivity index (χ4v) is 2.49. The van der Waals surface area contributed by atoms with E-state index < -0.39 is 0 Å². The van der Waals surface area contributed by atoms with Gasteiger partial charge >= 0.3 is 0 Å². The number of nitrogens with one attached hydrogen (secondary N) is 1. The zero-order valence-corrected chi connectivity index (χ0v) is 12.4. The normalized spacial score (nSPS) is 16.2. The van der Waals surface area contributed by atoms with E-state index in [-0.39, 0.29) is 11.8 Å². The predicted octanol–water partition coefficient (Wildman–Crippen LogP) is 1.65. The highest BCUT2D eigenvalue weighted by Crippen LogP contribution is 2.28. The van der Waals surface area contributed by atoms with Gasteiger partial charge in [-0.2, -0.15) is 4.98 Å². The highest BCUT2D eigenvalue weighted by Gasteiger charge is 2.25. The zero-order chi connectivity index (χ0) is 14.5. The van der Waals surface area contributed by atoms with Crippen molar-refractivity contribution in [1.29, 1.82) is 0 Å². The third-order valence-electron chi connectivity index (χ3n) is 3.46. The lowest BCUT2D eigenvalue weighted by Gasteiger charge is -2.31. The summed E-state index contributed by atoms with van der Waals surface area (Å²) in [6.07, 6.45) is 4.11. The molecule has 0 bridgehead atoms. The molecule has 1 amide bonds. The van der Waals surface area contributed by atoms with Gasteiger partial charge in [-0.1, -0.05) is 18.5 Å². The van der Waals surface area contributed by atoms with E-state index in [4.69, 9.17) is 17.3 Å². The molecule has 6 nitrogen and oxygen atoms in total. The monoisotopic (exact) mass is 297 g/mol. The largest absolute Gasteiger partial charge is 0.369 e. The van der Waals surface area contributed by atoms with E-state index in [1.165, 1.54) is 0 Å². The zero-order valence-electron chi connectivity index (χ0n) is 11.6. The van der Waals surface area contributed by atoms with Crippen LogP contribution in [0.4, 0.5) is 11.8 Å². The number of primary amides is 1. The quantitative estimate of drug-likeness (QED) is 0.863. The number of amides is 1. The van der Waals surface area contributed by atoms with Gasteiger partial charge in [-0.3, -0.25) is 4.79 Å². The topological polar surface area (TPSA) is 84.1 Å². The number of hydrogen-bond acceptors (Lipinski definition) is 5. The van der Waals surface area contributed by atoms with Crippen molar-refractivity contribution in [1.82, 2.24) is 9.97 Å². The number of aromatic nitrogens is 2. The maximum atomic E-state index is 11.2.